The average Bonchev–Trinajstić information content (AvgIpc) is 2.57. The smallest absolute Gasteiger partial charge is 0.0539 e. The lowest BCUT2D eigenvalue weighted by Gasteiger charge is -2.12. The van der Waals surface area contributed by atoms with Gasteiger partial charge in [-0.2, -0.15) is 0 Å². The zero-order valence-electron chi connectivity index (χ0n) is 13.0. The van der Waals surface area contributed by atoms with Gasteiger partial charge < -0.3 is 5.32 Å². The van der Waals surface area contributed by atoms with Gasteiger partial charge >= 0.3 is 0 Å². The molecule has 0 aliphatic rings. The van der Waals surface area contributed by atoms with E-state index in [1.165, 1.54) is 0 Å². The predicted octanol–water partition coefficient (Wildman–Crippen LogP) is 6.81. The Morgan fingerprint density at radius 1 is 0.833 bits per heavy atom. The first-order valence-corrected chi connectivity index (χ1v) is 8.63. The molecule has 0 atom stereocenters. The van der Waals surface area contributed by atoms with E-state index in [9.17, 15) is 0 Å². The van der Waals surface area contributed by atoms with Crippen LogP contribution in [-0.4, -0.2) is 4.86 Å². The van der Waals surface area contributed by atoms with E-state index >= 15 is 0 Å². The molecular weight excluding hydrogens is 357 g/mol. The molecule has 0 heterocycles. The molecule has 0 aromatic heterocycles. The van der Waals surface area contributed by atoms with Crippen molar-refractivity contribution < 1.29 is 0 Å². The highest BCUT2D eigenvalue weighted by Crippen LogP contribution is 2.27. The topological polar surface area (TPSA) is 12.0 Å². The van der Waals surface area contributed by atoms with Crippen LogP contribution < -0.4 is 5.32 Å². The minimum atomic E-state index is 0.627. The normalized spacial score (nSPS) is 10.5. The first kappa shape index (κ1) is 17.0. The number of anilines is 2. The van der Waals surface area contributed by atoms with Gasteiger partial charge in [-0.15, -0.1) is 0 Å². The van der Waals surface area contributed by atoms with E-state index in [0.717, 1.165) is 32.9 Å². The number of hydrogen-bond donors (Lipinski definition) is 1. The molecular formula is C20H15Cl2NS. The van der Waals surface area contributed by atoms with Crippen molar-refractivity contribution >= 4 is 51.7 Å². The Morgan fingerprint density at radius 3 is 2.17 bits per heavy atom. The van der Waals surface area contributed by atoms with Crippen molar-refractivity contribution in [2.45, 2.75) is 6.92 Å². The van der Waals surface area contributed by atoms with Crippen molar-refractivity contribution in [3.63, 3.8) is 0 Å². The van der Waals surface area contributed by atoms with Crippen molar-refractivity contribution in [1.29, 1.82) is 0 Å². The highest BCUT2D eigenvalue weighted by Gasteiger charge is 2.11. The minimum absolute atomic E-state index is 0.627. The van der Waals surface area contributed by atoms with Gasteiger partial charge in [0.2, 0.25) is 0 Å². The average molecular weight is 372 g/mol. The van der Waals surface area contributed by atoms with Crippen LogP contribution >= 0.6 is 35.4 Å². The number of rotatable bonds is 4. The van der Waals surface area contributed by atoms with Crippen molar-refractivity contribution in [3.8, 4) is 0 Å². The van der Waals surface area contributed by atoms with Gasteiger partial charge in [0, 0.05) is 22.0 Å². The molecule has 24 heavy (non-hydrogen) atoms. The number of benzene rings is 3. The number of thiocarbonyl (C=S) groups is 1. The Hall–Kier alpha value is -1.87. The molecule has 0 fully saturated rings. The van der Waals surface area contributed by atoms with Crippen LogP contribution in [0.1, 0.15) is 16.7 Å². The SMILES string of the molecule is Cc1ccccc1C(=S)c1ccc(Nc2ccc(Cl)cc2)cc1Cl. The fraction of sp³-hybridized carbons (Fsp3) is 0.0500. The molecule has 0 spiro atoms. The lowest BCUT2D eigenvalue weighted by molar-refractivity contribution is 1.44. The zero-order valence-corrected chi connectivity index (χ0v) is 15.3. The summed E-state index contributed by atoms with van der Waals surface area (Å²) in [6.45, 7) is 2.05. The maximum atomic E-state index is 6.47. The second-order valence-electron chi connectivity index (χ2n) is 5.47. The highest BCUT2D eigenvalue weighted by molar-refractivity contribution is 7.81. The van der Waals surface area contributed by atoms with Crippen LogP contribution in [0.4, 0.5) is 11.4 Å². The van der Waals surface area contributed by atoms with E-state index in [0.29, 0.717) is 10.0 Å². The Labute approximate surface area is 157 Å². The second kappa shape index (κ2) is 7.35. The molecule has 0 radical (unpaired) electrons. The van der Waals surface area contributed by atoms with Gasteiger partial charge in [-0.05, 0) is 60.5 Å². The molecule has 4 heteroatoms. The lowest BCUT2D eigenvalue weighted by atomic mass is 10.00. The van der Waals surface area contributed by atoms with Crippen molar-refractivity contribution in [2.24, 2.45) is 0 Å². The summed E-state index contributed by atoms with van der Waals surface area (Å²) in [4.78, 5) is 0.760. The fourth-order valence-corrected chi connectivity index (χ4v) is 3.31. The molecule has 0 saturated carbocycles. The largest absolute Gasteiger partial charge is 0.355 e. The maximum Gasteiger partial charge on any atom is 0.0539 e. The van der Waals surface area contributed by atoms with Crippen molar-refractivity contribution in [3.05, 3.63) is 93.5 Å². The summed E-state index contributed by atoms with van der Waals surface area (Å²) in [5, 5.41) is 4.64. The van der Waals surface area contributed by atoms with E-state index in [1.54, 1.807) is 0 Å². The van der Waals surface area contributed by atoms with Gasteiger partial charge in [-0.25, -0.2) is 0 Å². The van der Waals surface area contributed by atoms with Gasteiger partial charge in [0.05, 0.1) is 9.89 Å². The second-order valence-corrected chi connectivity index (χ2v) is 6.72. The molecule has 0 bridgehead atoms. The van der Waals surface area contributed by atoms with Gasteiger partial charge in [0.25, 0.3) is 0 Å². The summed E-state index contributed by atoms with van der Waals surface area (Å²) in [7, 11) is 0. The van der Waals surface area contributed by atoms with E-state index in [2.05, 4.69) is 5.32 Å². The summed E-state index contributed by atoms with van der Waals surface area (Å²) in [6.07, 6.45) is 0. The number of halogens is 2. The molecule has 1 nitrogen and oxygen atoms in total. The van der Waals surface area contributed by atoms with Gasteiger partial charge in [0.15, 0.2) is 0 Å². The van der Waals surface area contributed by atoms with E-state index in [-0.39, 0.29) is 0 Å². The number of nitrogens with one attached hydrogen (secondary N) is 1. The zero-order chi connectivity index (χ0) is 17.1. The summed E-state index contributed by atoms with van der Waals surface area (Å²) in [6, 6.07) is 21.4. The summed E-state index contributed by atoms with van der Waals surface area (Å²) in [5.74, 6) is 0. The monoisotopic (exact) mass is 371 g/mol. The predicted molar refractivity (Wildman–Crippen MR) is 108 cm³/mol. The Kier molecular flexibility index (Phi) is 5.20. The molecule has 0 unspecified atom stereocenters. The molecule has 0 amide bonds. The Bertz CT molecular complexity index is 888. The third kappa shape index (κ3) is 3.78. The minimum Gasteiger partial charge on any atom is -0.355 e. The van der Waals surface area contributed by atoms with Gasteiger partial charge in [0.1, 0.15) is 0 Å². The van der Waals surface area contributed by atoms with Crippen LogP contribution in [0, 0.1) is 6.92 Å². The molecule has 3 aromatic rings. The van der Waals surface area contributed by atoms with Crippen LogP contribution in [0.5, 0.6) is 0 Å². The Balaban J connectivity index is 1.86. The van der Waals surface area contributed by atoms with Crippen molar-refractivity contribution in [2.75, 3.05) is 5.32 Å². The fourth-order valence-electron chi connectivity index (χ4n) is 2.45. The number of hydrogen-bond acceptors (Lipinski definition) is 2. The first-order chi connectivity index (χ1) is 11.5. The van der Waals surface area contributed by atoms with E-state index < -0.39 is 0 Å². The van der Waals surface area contributed by atoms with E-state index in [4.69, 9.17) is 35.4 Å². The van der Waals surface area contributed by atoms with Crippen LogP contribution in [0.15, 0.2) is 66.7 Å². The lowest BCUT2D eigenvalue weighted by Crippen LogP contribution is -2.03. The maximum absolute atomic E-state index is 6.47. The molecule has 120 valence electrons. The van der Waals surface area contributed by atoms with Gasteiger partial charge in [-0.3, -0.25) is 0 Å². The molecule has 0 saturated heterocycles. The van der Waals surface area contributed by atoms with Gasteiger partial charge in [-0.1, -0.05) is 59.7 Å². The van der Waals surface area contributed by atoms with Crippen LogP contribution in [0.2, 0.25) is 10.0 Å². The third-order valence-corrected chi connectivity index (χ3v) is 4.74. The van der Waals surface area contributed by atoms with Crippen LogP contribution in [0.3, 0.4) is 0 Å². The van der Waals surface area contributed by atoms with E-state index in [1.807, 2.05) is 73.7 Å². The molecule has 0 aliphatic heterocycles. The summed E-state index contributed by atoms with van der Waals surface area (Å²) in [5.41, 5.74) is 4.89. The first-order valence-electron chi connectivity index (χ1n) is 7.47. The molecule has 1 N–H and O–H groups in total. The van der Waals surface area contributed by atoms with Crippen LogP contribution in [-0.2, 0) is 0 Å². The number of aryl methyl sites for hydroxylation is 1. The summed E-state index contributed by atoms with van der Waals surface area (Å²) >= 11 is 18.0. The Morgan fingerprint density at radius 2 is 1.50 bits per heavy atom. The van der Waals surface area contributed by atoms with Crippen molar-refractivity contribution in [1.82, 2.24) is 0 Å². The molecule has 3 aromatic carbocycles. The van der Waals surface area contributed by atoms with Crippen LogP contribution in [0.25, 0.3) is 0 Å². The molecule has 3 rings (SSSR count). The third-order valence-electron chi connectivity index (χ3n) is 3.74. The highest BCUT2D eigenvalue weighted by atomic mass is 35.5. The quantitative estimate of drug-likeness (QED) is 0.399. The molecule has 0 aliphatic carbocycles. The summed E-state index contributed by atoms with van der Waals surface area (Å²) < 4.78 is 0. The standard InChI is InChI=1S/C20H15Cl2NS/c1-13-4-2-3-5-17(13)20(24)18-11-10-16(12-19(18)22)23-15-8-6-14(21)7-9-15/h2-12,23H,1H3.